The lowest BCUT2D eigenvalue weighted by molar-refractivity contribution is -0.149. The summed E-state index contributed by atoms with van der Waals surface area (Å²) in [5.41, 5.74) is 3.12. The largest absolute Gasteiger partial charge is 0.453 e. The van der Waals surface area contributed by atoms with E-state index in [-0.39, 0.29) is 0 Å². The number of hydrogen-bond donors (Lipinski definition) is 0. The molecule has 0 aromatic heterocycles. The van der Waals surface area contributed by atoms with Gasteiger partial charge < -0.3 is 9.47 Å². The van der Waals surface area contributed by atoms with Gasteiger partial charge in [0.15, 0.2) is 0 Å². The van der Waals surface area contributed by atoms with Crippen molar-refractivity contribution >= 4 is 17.7 Å². The van der Waals surface area contributed by atoms with Crippen molar-refractivity contribution < 1.29 is 9.47 Å². The van der Waals surface area contributed by atoms with Crippen molar-refractivity contribution in [2.75, 3.05) is 0 Å². The summed E-state index contributed by atoms with van der Waals surface area (Å²) in [6.07, 6.45) is 5.52. The predicted octanol–water partition coefficient (Wildman–Crippen LogP) is 5.41. The molecular weight excluding hydrogens is 298 g/mol. The summed E-state index contributed by atoms with van der Waals surface area (Å²) in [7, 11) is 0. The maximum absolute atomic E-state index is 5.93. The average molecular weight is 319 g/mol. The molecule has 3 nitrogen and oxygen atoms in total. The van der Waals surface area contributed by atoms with Crippen LogP contribution < -0.4 is 0 Å². The third kappa shape index (κ3) is 3.93. The molecule has 1 aliphatic heterocycles. The van der Waals surface area contributed by atoms with Gasteiger partial charge in [-0.3, -0.25) is 4.99 Å². The summed E-state index contributed by atoms with van der Waals surface area (Å²) in [5, 5.41) is 0. The number of para-hydroxylation sites is 1. The zero-order valence-electron chi connectivity index (χ0n) is 14.2. The van der Waals surface area contributed by atoms with Crippen molar-refractivity contribution in [2.24, 2.45) is 4.99 Å². The van der Waals surface area contributed by atoms with Gasteiger partial charge in [0.2, 0.25) is 5.79 Å². The van der Waals surface area contributed by atoms with Crippen LogP contribution in [0, 0.1) is 6.92 Å². The Labute approximate surface area is 143 Å². The lowest BCUT2D eigenvalue weighted by Gasteiger charge is -2.33. The van der Waals surface area contributed by atoms with E-state index < -0.39 is 5.79 Å². The van der Waals surface area contributed by atoms with Crippen LogP contribution in [-0.2, 0) is 9.47 Å². The van der Waals surface area contributed by atoms with Crippen LogP contribution in [0.25, 0.3) is 5.76 Å². The third-order valence-corrected chi connectivity index (χ3v) is 3.62. The molecule has 0 bridgehead atoms. The van der Waals surface area contributed by atoms with Crippen LogP contribution in [0.5, 0.6) is 0 Å². The molecular formula is C21H21NO2. The van der Waals surface area contributed by atoms with Crippen LogP contribution >= 0.6 is 0 Å². The molecule has 0 aliphatic carbocycles. The highest BCUT2D eigenvalue weighted by molar-refractivity contribution is 5.77. The molecule has 2 aromatic carbocycles. The lowest BCUT2D eigenvalue weighted by Crippen LogP contribution is -2.30. The first-order valence-corrected chi connectivity index (χ1v) is 7.99. The number of rotatable bonds is 3. The molecule has 0 fully saturated rings. The Morgan fingerprint density at radius 1 is 0.917 bits per heavy atom. The third-order valence-electron chi connectivity index (χ3n) is 3.62. The predicted molar refractivity (Wildman–Crippen MR) is 98.1 cm³/mol. The maximum atomic E-state index is 5.93. The Morgan fingerprint density at radius 2 is 1.62 bits per heavy atom. The van der Waals surface area contributed by atoms with Gasteiger partial charge in [0, 0.05) is 31.7 Å². The second kappa shape index (κ2) is 6.75. The number of nitrogens with zero attached hydrogens (tertiary/aromatic N) is 1. The Kier molecular flexibility index (Phi) is 4.52. The number of ether oxygens (including phenoxy) is 2. The molecule has 1 heterocycles. The average Bonchev–Trinajstić information content (AvgIpc) is 2.56. The number of aryl methyl sites for hydroxylation is 1. The molecule has 0 saturated carbocycles. The first-order chi connectivity index (χ1) is 11.5. The number of benzene rings is 2. The van der Waals surface area contributed by atoms with Crippen LogP contribution in [0.3, 0.4) is 0 Å². The summed E-state index contributed by atoms with van der Waals surface area (Å²) in [4.78, 5) is 4.49. The van der Waals surface area contributed by atoms with E-state index >= 15 is 0 Å². The van der Waals surface area contributed by atoms with E-state index in [1.807, 2.05) is 87.5 Å². The topological polar surface area (TPSA) is 30.8 Å². The first kappa shape index (κ1) is 16.1. The fourth-order valence-electron chi connectivity index (χ4n) is 2.48. The normalized spacial score (nSPS) is 18.1. The van der Waals surface area contributed by atoms with Crippen molar-refractivity contribution in [3.05, 3.63) is 83.6 Å². The summed E-state index contributed by atoms with van der Waals surface area (Å²) < 4.78 is 11.8. The molecule has 0 saturated heterocycles. The molecule has 0 N–H and O–H groups in total. The van der Waals surface area contributed by atoms with Crippen LogP contribution in [0.2, 0.25) is 0 Å². The first-order valence-electron chi connectivity index (χ1n) is 7.99. The molecule has 3 heteroatoms. The summed E-state index contributed by atoms with van der Waals surface area (Å²) in [6.45, 7) is 5.84. The highest BCUT2D eigenvalue weighted by Gasteiger charge is 2.28. The molecule has 2 aromatic rings. The monoisotopic (exact) mass is 319 g/mol. The highest BCUT2D eigenvalue weighted by atomic mass is 16.7. The smallest absolute Gasteiger partial charge is 0.245 e. The SMILES string of the molecule is Cc1ccccc1N=CC=C1C=C(c2ccccc2)OC(C)(C)O1. The summed E-state index contributed by atoms with van der Waals surface area (Å²) in [5.74, 6) is 0.798. The van der Waals surface area contributed by atoms with Crippen molar-refractivity contribution in [2.45, 2.75) is 26.6 Å². The Bertz CT molecular complexity index is 802. The van der Waals surface area contributed by atoms with Crippen LogP contribution in [0.15, 0.2) is 77.5 Å². The molecule has 1 aliphatic rings. The Morgan fingerprint density at radius 3 is 2.38 bits per heavy atom. The van der Waals surface area contributed by atoms with E-state index in [4.69, 9.17) is 9.47 Å². The molecule has 0 radical (unpaired) electrons. The highest BCUT2D eigenvalue weighted by Crippen LogP contribution is 2.32. The zero-order chi connectivity index (χ0) is 17.0. The van der Waals surface area contributed by atoms with Crippen LogP contribution in [-0.4, -0.2) is 12.0 Å². The van der Waals surface area contributed by atoms with Crippen LogP contribution in [0.4, 0.5) is 5.69 Å². The van der Waals surface area contributed by atoms with Gasteiger partial charge in [-0.1, -0.05) is 48.5 Å². The minimum Gasteiger partial charge on any atom is -0.453 e. The van der Waals surface area contributed by atoms with Crippen LogP contribution in [0.1, 0.15) is 25.0 Å². The lowest BCUT2D eigenvalue weighted by atomic mass is 10.1. The van der Waals surface area contributed by atoms with Gasteiger partial charge in [-0.2, -0.15) is 0 Å². The van der Waals surface area contributed by atoms with E-state index in [1.165, 1.54) is 0 Å². The van der Waals surface area contributed by atoms with Gasteiger partial charge in [-0.25, -0.2) is 0 Å². The van der Waals surface area contributed by atoms with Crippen molar-refractivity contribution in [1.82, 2.24) is 0 Å². The van der Waals surface area contributed by atoms with Gasteiger partial charge in [0.1, 0.15) is 11.5 Å². The molecule has 3 rings (SSSR count). The molecule has 0 spiro atoms. The van der Waals surface area contributed by atoms with E-state index in [2.05, 4.69) is 4.99 Å². The van der Waals surface area contributed by atoms with Crippen molar-refractivity contribution in [3.63, 3.8) is 0 Å². The number of aliphatic imine (C=N–C) groups is 1. The molecule has 24 heavy (non-hydrogen) atoms. The van der Waals surface area contributed by atoms with Gasteiger partial charge in [0.25, 0.3) is 0 Å². The molecule has 122 valence electrons. The summed E-state index contributed by atoms with van der Waals surface area (Å²) in [6, 6.07) is 18.0. The summed E-state index contributed by atoms with van der Waals surface area (Å²) >= 11 is 0. The quantitative estimate of drug-likeness (QED) is 0.709. The van der Waals surface area contributed by atoms with E-state index in [0.29, 0.717) is 0 Å². The van der Waals surface area contributed by atoms with Crippen molar-refractivity contribution in [1.29, 1.82) is 0 Å². The molecule has 0 unspecified atom stereocenters. The number of hydrogen-bond acceptors (Lipinski definition) is 3. The minimum atomic E-state index is -0.720. The maximum Gasteiger partial charge on any atom is 0.245 e. The van der Waals surface area contributed by atoms with E-state index in [0.717, 1.165) is 28.3 Å². The zero-order valence-corrected chi connectivity index (χ0v) is 14.2. The van der Waals surface area contributed by atoms with Gasteiger partial charge >= 0.3 is 0 Å². The fourth-order valence-corrected chi connectivity index (χ4v) is 2.48. The Balaban J connectivity index is 1.87. The van der Waals surface area contributed by atoms with Crippen molar-refractivity contribution in [3.8, 4) is 0 Å². The van der Waals surface area contributed by atoms with E-state index in [9.17, 15) is 0 Å². The number of allylic oxidation sites excluding steroid dienone is 2. The molecule has 0 atom stereocenters. The second-order valence-electron chi connectivity index (χ2n) is 6.11. The molecule has 0 amide bonds. The van der Waals surface area contributed by atoms with E-state index in [1.54, 1.807) is 6.21 Å². The van der Waals surface area contributed by atoms with Gasteiger partial charge in [-0.15, -0.1) is 0 Å². The van der Waals surface area contributed by atoms with Gasteiger partial charge in [0.05, 0.1) is 5.69 Å². The second-order valence-corrected chi connectivity index (χ2v) is 6.11. The fraction of sp³-hybridized carbons (Fsp3) is 0.190. The van der Waals surface area contributed by atoms with Gasteiger partial charge in [-0.05, 0) is 24.6 Å². The minimum absolute atomic E-state index is 0.720. The standard InChI is InChI=1S/C21H21NO2/c1-16-9-7-8-12-19(16)22-14-13-18-15-20(24-21(2,3)23-18)17-10-5-4-6-11-17/h4-15H,1-3H3. The Hall–Kier alpha value is -2.81.